The van der Waals surface area contributed by atoms with Crippen molar-refractivity contribution in [2.45, 2.75) is 33.1 Å². The van der Waals surface area contributed by atoms with E-state index in [4.69, 9.17) is 17.0 Å². The van der Waals surface area contributed by atoms with E-state index >= 15 is 0 Å². The normalized spacial score (nSPS) is 10.9. The summed E-state index contributed by atoms with van der Waals surface area (Å²) in [6.45, 7) is 8.02. The van der Waals surface area contributed by atoms with Gasteiger partial charge in [0.2, 0.25) is 0 Å². The lowest BCUT2D eigenvalue weighted by Gasteiger charge is -2.21. The topological polar surface area (TPSA) is 79.5 Å². The highest BCUT2D eigenvalue weighted by Gasteiger charge is 2.18. The molecule has 2 aromatic rings. The minimum Gasteiger partial charge on any atom is -0.483 e. The van der Waals surface area contributed by atoms with Crippen LogP contribution in [-0.4, -0.2) is 23.5 Å². The summed E-state index contributed by atoms with van der Waals surface area (Å²) >= 11 is 12.0. The number of halogens is 2. The molecule has 0 radical (unpaired) electrons. The number of aryl methyl sites for hydroxylation is 1. The van der Waals surface area contributed by atoms with E-state index in [0.29, 0.717) is 11.3 Å². The molecular formula is C21H23Br2N3O3S. The van der Waals surface area contributed by atoms with Crippen LogP contribution in [0.15, 0.2) is 45.3 Å². The quantitative estimate of drug-likeness (QED) is 0.381. The van der Waals surface area contributed by atoms with Crippen LogP contribution in [0, 0.1) is 6.92 Å². The van der Waals surface area contributed by atoms with E-state index in [1.807, 2.05) is 25.1 Å². The molecule has 0 unspecified atom stereocenters. The summed E-state index contributed by atoms with van der Waals surface area (Å²) in [5.41, 5.74) is 7.43. The van der Waals surface area contributed by atoms with Crippen molar-refractivity contribution in [3.05, 3.63) is 62.0 Å². The van der Waals surface area contributed by atoms with Crippen LogP contribution in [0.1, 0.15) is 42.3 Å². The number of hydrazine groups is 1. The Kier molecular flexibility index (Phi) is 8.40. The molecule has 0 spiro atoms. The Morgan fingerprint density at radius 2 is 1.73 bits per heavy atom. The van der Waals surface area contributed by atoms with E-state index in [9.17, 15) is 9.59 Å². The average Bonchev–Trinajstić information content (AvgIpc) is 2.64. The lowest BCUT2D eigenvalue weighted by Crippen LogP contribution is -2.49. The summed E-state index contributed by atoms with van der Waals surface area (Å²) in [7, 11) is 0. The van der Waals surface area contributed by atoms with Gasteiger partial charge in [-0.15, -0.1) is 0 Å². The summed E-state index contributed by atoms with van der Waals surface area (Å²) in [4.78, 5) is 24.3. The molecule has 0 fully saturated rings. The van der Waals surface area contributed by atoms with Crippen LogP contribution < -0.4 is 20.9 Å². The second-order valence-corrected chi connectivity index (χ2v) is 9.74. The van der Waals surface area contributed by atoms with Crippen LogP contribution in [0.3, 0.4) is 0 Å². The van der Waals surface area contributed by atoms with Gasteiger partial charge in [0.25, 0.3) is 11.8 Å². The monoisotopic (exact) mass is 555 g/mol. The number of carbonyl (C=O) groups excluding carboxylic acids is 2. The largest absolute Gasteiger partial charge is 0.483 e. The SMILES string of the molecule is Cc1ccc(OCC(=O)NNC(=S)NC(=O)c2ccc(C(C)(C)C)c(Br)c2)c(Br)c1. The molecule has 3 N–H and O–H groups in total. The number of ether oxygens (including phenoxy) is 1. The van der Waals surface area contributed by atoms with E-state index < -0.39 is 5.91 Å². The Morgan fingerprint density at radius 1 is 1.03 bits per heavy atom. The molecule has 160 valence electrons. The standard InChI is InChI=1S/C21H23Br2N3O3S/c1-12-5-8-17(16(23)9-12)29-11-18(27)25-26-20(30)24-19(28)13-6-7-14(15(22)10-13)21(2,3)4/h5-10H,11H2,1-4H3,(H,25,27)(H2,24,26,28,30). The van der Waals surface area contributed by atoms with Gasteiger partial charge < -0.3 is 4.74 Å². The molecule has 0 atom stereocenters. The molecule has 0 saturated carbocycles. The van der Waals surface area contributed by atoms with Crippen LogP contribution >= 0.6 is 44.1 Å². The number of rotatable bonds is 4. The number of benzene rings is 2. The van der Waals surface area contributed by atoms with Crippen molar-refractivity contribution < 1.29 is 14.3 Å². The summed E-state index contributed by atoms with van der Waals surface area (Å²) in [6.07, 6.45) is 0. The predicted molar refractivity (Wildman–Crippen MR) is 129 cm³/mol. The lowest BCUT2D eigenvalue weighted by atomic mass is 9.86. The Balaban J connectivity index is 1.83. The third-order valence-electron chi connectivity index (χ3n) is 4.03. The van der Waals surface area contributed by atoms with Crippen molar-refractivity contribution in [1.29, 1.82) is 0 Å². The summed E-state index contributed by atoms with van der Waals surface area (Å²) < 4.78 is 7.05. The molecule has 0 aliphatic carbocycles. The van der Waals surface area contributed by atoms with Crippen LogP contribution in [-0.2, 0) is 10.2 Å². The van der Waals surface area contributed by atoms with Crippen molar-refractivity contribution >= 4 is 61.0 Å². The molecule has 30 heavy (non-hydrogen) atoms. The van der Waals surface area contributed by atoms with Crippen LogP contribution in [0.2, 0.25) is 0 Å². The van der Waals surface area contributed by atoms with Gasteiger partial charge in [0.1, 0.15) is 5.75 Å². The molecule has 0 heterocycles. The fourth-order valence-electron chi connectivity index (χ4n) is 2.50. The van der Waals surface area contributed by atoms with Gasteiger partial charge in [-0.3, -0.25) is 25.8 Å². The first-order valence-corrected chi connectivity index (χ1v) is 11.1. The fraction of sp³-hybridized carbons (Fsp3) is 0.286. The molecule has 0 saturated heterocycles. The Bertz CT molecular complexity index is 974. The van der Waals surface area contributed by atoms with Gasteiger partial charge >= 0.3 is 0 Å². The minimum absolute atomic E-state index is 0.0270. The van der Waals surface area contributed by atoms with Crippen molar-refractivity contribution in [2.75, 3.05) is 6.61 Å². The Labute approximate surface area is 198 Å². The van der Waals surface area contributed by atoms with E-state index in [-0.39, 0.29) is 23.0 Å². The second-order valence-electron chi connectivity index (χ2n) is 7.62. The van der Waals surface area contributed by atoms with Gasteiger partial charge in [-0.2, -0.15) is 0 Å². The smallest absolute Gasteiger partial charge is 0.276 e. The Hall–Kier alpha value is -1.97. The molecule has 0 aliphatic rings. The fourth-order valence-corrected chi connectivity index (χ4v) is 4.22. The van der Waals surface area contributed by atoms with Crippen LogP contribution in [0.25, 0.3) is 0 Å². The van der Waals surface area contributed by atoms with E-state index in [2.05, 4.69) is 68.8 Å². The van der Waals surface area contributed by atoms with Gasteiger partial charge in [-0.1, -0.05) is 48.8 Å². The number of thiocarbonyl (C=S) groups is 1. The van der Waals surface area contributed by atoms with Crippen molar-refractivity contribution in [3.8, 4) is 5.75 Å². The third kappa shape index (κ3) is 7.07. The maximum atomic E-state index is 12.4. The highest BCUT2D eigenvalue weighted by atomic mass is 79.9. The maximum absolute atomic E-state index is 12.4. The summed E-state index contributed by atoms with van der Waals surface area (Å²) in [5.74, 6) is -0.282. The molecular weight excluding hydrogens is 534 g/mol. The van der Waals surface area contributed by atoms with Crippen molar-refractivity contribution in [3.63, 3.8) is 0 Å². The number of hydrogen-bond acceptors (Lipinski definition) is 4. The molecule has 0 aliphatic heterocycles. The van der Waals surface area contributed by atoms with Gasteiger partial charge in [0.15, 0.2) is 11.7 Å². The Morgan fingerprint density at radius 3 is 2.33 bits per heavy atom. The zero-order valence-corrected chi connectivity index (χ0v) is 21.0. The first kappa shape index (κ1) is 24.3. The van der Waals surface area contributed by atoms with Crippen molar-refractivity contribution in [2.24, 2.45) is 0 Å². The predicted octanol–water partition coefficient (Wildman–Crippen LogP) is 4.53. The van der Waals surface area contributed by atoms with Gasteiger partial charge in [0, 0.05) is 10.0 Å². The highest BCUT2D eigenvalue weighted by molar-refractivity contribution is 9.10. The molecule has 9 heteroatoms. The first-order valence-electron chi connectivity index (χ1n) is 9.06. The van der Waals surface area contributed by atoms with Gasteiger partial charge in [-0.25, -0.2) is 0 Å². The number of hydrogen-bond donors (Lipinski definition) is 3. The van der Waals surface area contributed by atoms with Crippen LogP contribution in [0.5, 0.6) is 5.75 Å². The molecule has 2 amide bonds. The number of carbonyl (C=O) groups is 2. The molecule has 0 aromatic heterocycles. The minimum atomic E-state index is -0.448. The number of amides is 2. The zero-order valence-electron chi connectivity index (χ0n) is 17.1. The highest BCUT2D eigenvalue weighted by Crippen LogP contribution is 2.30. The van der Waals surface area contributed by atoms with E-state index in [1.54, 1.807) is 18.2 Å². The first-order chi connectivity index (χ1) is 14.0. The maximum Gasteiger partial charge on any atom is 0.276 e. The zero-order chi connectivity index (χ0) is 22.5. The van der Waals surface area contributed by atoms with E-state index in [1.165, 1.54) is 0 Å². The average molecular weight is 557 g/mol. The summed E-state index contributed by atoms with van der Waals surface area (Å²) in [5, 5.41) is 2.50. The van der Waals surface area contributed by atoms with Crippen LogP contribution in [0.4, 0.5) is 0 Å². The molecule has 0 bridgehead atoms. The lowest BCUT2D eigenvalue weighted by molar-refractivity contribution is -0.123. The second kappa shape index (κ2) is 10.4. The summed E-state index contributed by atoms with van der Waals surface area (Å²) in [6, 6.07) is 10.9. The van der Waals surface area contributed by atoms with E-state index in [0.717, 1.165) is 20.1 Å². The third-order valence-corrected chi connectivity index (χ3v) is 5.51. The van der Waals surface area contributed by atoms with Crippen molar-refractivity contribution in [1.82, 2.24) is 16.2 Å². The van der Waals surface area contributed by atoms with Gasteiger partial charge in [0.05, 0.1) is 4.47 Å². The van der Waals surface area contributed by atoms with Gasteiger partial charge in [-0.05, 0) is 75.9 Å². The number of nitrogens with one attached hydrogen (secondary N) is 3. The molecule has 2 aromatic carbocycles. The molecule has 6 nitrogen and oxygen atoms in total. The molecule has 2 rings (SSSR count).